The molecule has 0 amide bonds. The van der Waals surface area contributed by atoms with Crippen LogP contribution in [0.2, 0.25) is 0 Å². The largest absolute Gasteiger partial charge is 0.396 e. The average molecular weight is 189 g/mol. The van der Waals surface area contributed by atoms with Gasteiger partial charge in [0.2, 0.25) is 0 Å². The Kier molecular flexibility index (Phi) is 5.53. The van der Waals surface area contributed by atoms with Crippen LogP contribution in [-0.2, 0) is 0 Å². The summed E-state index contributed by atoms with van der Waals surface area (Å²) in [5.74, 6) is 0.282. The zero-order valence-electron chi connectivity index (χ0n) is 9.17. The summed E-state index contributed by atoms with van der Waals surface area (Å²) in [5.41, 5.74) is -0.100. The fraction of sp³-hybridized carbons (Fsp3) is 1.00. The highest BCUT2D eigenvalue weighted by atomic mass is 16.3. The van der Waals surface area contributed by atoms with Gasteiger partial charge in [-0.05, 0) is 5.92 Å². The van der Waals surface area contributed by atoms with E-state index in [0.717, 1.165) is 6.54 Å². The van der Waals surface area contributed by atoms with E-state index in [1.807, 2.05) is 27.7 Å². The third kappa shape index (κ3) is 6.02. The van der Waals surface area contributed by atoms with Crippen LogP contribution >= 0.6 is 0 Å². The van der Waals surface area contributed by atoms with Crippen molar-refractivity contribution in [2.75, 3.05) is 19.7 Å². The van der Waals surface area contributed by atoms with Crippen LogP contribution in [0.25, 0.3) is 0 Å². The summed E-state index contributed by atoms with van der Waals surface area (Å²) in [5, 5.41) is 21.6. The minimum Gasteiger partial charge on any atom is -0.396 e. The molecule has 0 aliphatic rings. The summed E-state index contributed by atoms with van der Waals surface area (Å²) in [6.07, 6.45) is -0.297. The fourth-order valence-corrected chi connectivity index (χ4v) is 0.850. The Balaban J connectivity index is 3.56. The predicted molar refractivity (Wildman–Crippen MR) is 54.6 cm³/mol. The van der Waals surface area contributed by atoms with Crippen LogP contribution in [0, 0.1) is 11.3 Å². The van der Waals surface area contributed by atoms with E-state index < -0.39 is 0 Å². The van der Waals surface area contributed by atoms with E-state index in [-0.39, 0.29) is 24.0 Å². The first kappa shape index (κ1) is 12.9. The quantitative estimate of drug-likeness (QED) is 0.574. The summed E-state index contributed by atoms with van der Waals surface area (Å²) < 4.78 is 0. The number of aliphatic hydroxyl groups is 2. The lowest BCUT2D eigenvalue weighted by atomic mass is 9.95. The molecule has 80 valence electrons. The third-order valence-corrected chi connectivity index (χ3v) is 2.15. The van der Waals surface area contributed by atoms with Gasteiger partial charge in [0, 0.05) is 25.1 Å². The molecule has 0 aromatic heterocycles. The Morgan fingerprint density at radius 2 is 1.85 bits per heavy atom. The van der Waals surface area contributed by atoms with Crippen molar-refractivity contribution in [3.05, 3.63) is 0 Å². The van der Waals surface area contributed by atoms with E-state index in [4.69, 9.17) is 5.11 Å². The molecule has 0 spiro atoms. The van der Waals surface area contributed by atoms with E-state index in [0.29, 0.717) is 6.54 Å². The monoisotopic (exact) mass is 189 g/mol. The Bertz CT molecular complexity index is 135. The molecule has 0 aliphatic heterocycles. The van der Waals surface area contributed by atoms with E-state index in [1.54, 1.807) is 0 Å². The molecule has 0 aromatic carbocycles. The van der Waals surface area contributed by atoms with E-state index in [1.165, 1.54) is 0 Å². The molecule has 0 saturated carbocycles. The highest BCUT2D eigenvalue weighted by Crippen LogP contribution is 2.11. The molecule has 0 aliphatic carbocycles. The highest BCUT2D eigenvalue weighted by molar-refractivity contribution is 4.72. The molecule has 3 N–H and O–H groups in total. The molecule has 0 bridgehead atoms. The minimum atomic E-state index is -0.297. The number of hydrogen-bond donors (Lipinski definition) is 3. The van der Waals surface area contributed by atoms with Gasteiger partial charge in [-0.15, -0.1) is 0 Å². The second-order valence-electron chi connectivity index (χ2n) is 4.76. The lowest BCUT2D eigenvalue weighted by molar-refractivity contribution is 0.110. The maximum absolute atomic E-state index is 9.47. The van der Waals surface area contributed by atoms with Crippen LogP contribution in [0.5, 0.6) is 0 Å². The second kappa shape index (κ2) is 5.58. The van der Waals surface area contributed by atoms with Crippen LogP contribution in [-0.4, -0.2) is 36.0 Å². The van der Waals surface area contributed by atoms with Gasteiger partial charge >= 0.3 is 0 Å². The lowest BCUT2D eigenvalue weighted by Gasteiger charge is -2.23. The number of hydrogen-bond acceptors (Lipinski definition) is 3. The molecule has 0 fully saturated rings. The summed E-state index contributed by atoms with van der Waals surface area (Å²) in [4.78, 5) is 0. The molecule has 1 unspecified atom stereocenters. The summed E-state index contributed by atoms with van der Waals surface area (Å²) in [6, 6.07) is 0. The Labute approximate surface area is 81.2 Å². The zero-order chi connectivity index (χ0) is 10.5. The van der Waals surface area contributed by atoms with Gasteiger partial charge in [0.25, 0.3) is 0 Å². The van der Waals surface area contributed by atoms with Gasteiger partial charge in [0.05, 0.1) is 6.10 Å². The maximum atomic E-state index is 9.47. The van der Waals surface area contributed by atoms with Crippen LogP contribution in [0.3, 0.4) is 0 Å². The van der Waals surface area contributed by atoms with Crippen LogP contribution in [0.15, 0.2) is 0 Å². The van der Waals surface area contributed by atoms with Crippen LogP contribution < -0.4 is 5.32 Å². The van der Waals surface area contributed by atoms with Gasteiger partial charge in [0.15, 0.2) is 0 Å². The number of rotatable bonds is 6. The lowest BCUT2D eigenvalue weighted by Crippen LogP contribution is -2.38. The number of aliphatic hydroxyl groups excluding tert-OH is 2. The van der Waals surface area contributed by atoms with Crippen molar-refractivity contribution >= 4 is 0 Å². The molecular formula is C10H23NO2. The Hall–Kier alpha value is -0.120. The van der Waals surface area contributed by atoms with Crippen molar-refractivity contribution in [3.8, 4) is 0 Å². The minimum absolute atomic E-state index is 0.100. The van der Waals surface area contributed by atoms with Gasteiger partial charge in [-0.25, -0.2) is 0 Å². The molecule has 0 saturated heterocycles. The van der Waals surface area contributed by atoms with Crippen molar-refractivity contribution in [1.29, 1.82) is 0 Å². The molecule has 1 atom stereocenters. The first-order valence-electron chi connectivity index (χ1n) is 4.88. The molecule has 0 rings (SSSR count). The molecule has 0 radical (unpaired) electrons. The van der Waals surface area contributed by atoms with Crippen molar-refractivity contribution in [3.63, 3.8) is 0 Å². The summed E-state index contributed by atoms with van der Waals surface area (Å²) in [7, 11) is 0. The van der Waals surface area contributed by atoms with Gasteiger partial charge in [0.1, 0.15) is 0 Å². The predicted octanol–water partition coefficient (Wildman–Crippen LogP) is 0.611. The van der Waals surface area contributed by atoms with E-state index in [2.05, 4.69) is 5.32 Å². The van der Waals surface area contributed by atoms with Crippen molar-refractivity contribution in [1.82, 2.24) is 5.32 Å². The highest BCUT2D eigenvalue weighted by Gasteiger charge is 2.16. The van der Waals surface area contributed by atoms with Crippen molar-refractivity contribution < 1.29 is 10.2 Å². The molecule has 3 heteroatoms. The normalized spacial score (nSPS) is 15.0. The van der Waals surface area contributed by atoms with Crippen LogP contribution in [0.4, 0.5) is 0 Å². The smallest absolute Gasteiger partial charge is 0.0687 e. The van der Waals surface area contributed by atoms with Crippen molar-refractivity contribution in [2.45, 2.75) is 33.8 Å². The standard InChI is InChI=1S/C10H23NO2/c1-8(2)9(13)5-11-6-10(3,4)7-12/h8-9,11-13H,5-7H2,1-4H3. The zero-order valence-corrected chi connectivity index (χ0v) is 9.17. The first-order valence-corrected chi connectivity index (χ1v) is 4.88. The second-order valence-corrected chi connectivity index (χ2v) is 4.76. The molecule has 0 heterocycles. The van der Waals surface area contributed by atoms with Crippen molar-refractivity contribution in [2.24, 2.45) is 11.3 Å². The van der Waals surface area contributed by atoms with Gasteiger partial charge in [-0.3, -0.25) is 0 Å². The third-order valence-electron chi connectivity index (χ3n) is 2.15. The molecule has 0 aromatic rings. The Morgan fingerprint density at radius 1 is 1.31 bits per heavy atom. The molecule has 3 nitrogen and oxygen atoms in total. The fourth-order valence-electron chi connectivity index (χ4n) is 0.850. The van der Waals surface area contributed by atoms with Gasteiger partial charge in [-0.1, -0.05) is 27.7 Å². The maximum Gasteiger partial charge on any atom is 0.0687 e. The van der Waals surface area contributed by atoms with E-state index in [9.17, 15) is 5.11 Å². The van der Waals surface area contributed by atoms with Crippen LogP contribution in [0.1, 0.15) is 27.7 Å². The average Bonchev–Trinajstić information content (AvgIpc) is 2.04. The van der Waals surface area contributed by atoms with Gasteiger partial charge in [-0.2, -0.15) is 0 Å². The van der Waals surface area contributed by atoms with E-state index >= 15 is 0 Å². The SMILES string of the molecule is CC(C)C(O)CNCC(C)(C)CO. The number of nitrogens with one attached hydrogen (secondary N) is 1. The first-order chi connectivity index (χ1) is 5.89. The molecular weight excluding hydrogens is 166 g/mol. The summed E-state index contributed by atoms with van der Waals surface area (Å²) >= 11 is 0. The topological polar surface area (TPSA) is 52.5 Å². The summed E-state index contributed by atoms with van der Waals surface area (Å²) in [6.45, 7) is 9.45. The Morgan fingerprint density at radius 3 is 2.23 bits per heavy atom. The molecule has 13 heavy (non-hydrogen) atoms. The van der Waals surface area contributed by atoms with Gasteiger partial charge < -0.3 is 15.5 Å².